The standard InChI is InChI=1S/C19H21NO5/c1-23-12-13-25-16-11-7-6-10-15(16)18(21)20-17(19(22)24-2)14-8-4-3-5-9-14/h3-11,17H,12-13H2,1-2H3,(H,20,21)/t17-/m1/s1. The highest BCUT2D eigenvalue weighted by atomic mass is 16.5. The molecule has 0 bridgehead atoms. The molecule has 2 aromatic carbocycles. The molecule has 132 valence electrons. The number of hydrogen-bond donors (Lipinski definition) is 1. The molecule has 25 heavy (non-hydrogen) atoms. The van der Waals surface area contributed by atoms with E-state index in [-0.39, 0.29) is 0 Å². The fraction of sp³-hybridized carbons (Fsp3) is 0.263. The predicted molar refractivity (Wildman–Crippen MR) is 92.5 cm³/mol. The number of carbonyl (C=O) groups is 2. The predicted octanol–water partition coefficient (Wildman–Crippen LogP) is 2.36. The Hall–Kier alpha value is -2.86. The number of para-hydroxylation sites is 1. The van der Waals surface area contributed by atoms with Gasteiger partial charge in [0.05, 0.1) is 19.3 Å². The maximum absolute atomic E-state index is 12.7. The summed E-state index contributed by atoms with van der Waals surface area (Å²) in [4.78, 5) is 24.8. The topological polar surface area (TPSA) is 73.9 Å². The lowest BCUT2D eigenvalue weighted by Gasteiger charge is -2.18. The normalized spacial score (nSPS) is 11.4. The van der Waals surface area contributed by atoms with E-state index in [4.69, 9.17) is 14.2 Å². The van der Waals surface area contributed by atoms with E-state index in [2.05, 4.69) is 5.32 Å². The smallest absolute Gasteiger partial charge is 0.333 e. The summed E-state index contributed by atoms with van der Waals surface area (Å²) in [6.07, 6.45) is 0. The van der Waals surface area contributed by atoms with Gasteiger partial charge in [0, 0.05) is 7.11 Å². The second kappa shape index (κ2) is 9.44. The molecule has 0 fully saturated rings. The van der Waals surface area contributed by atoms with Crippen molar-refractivity contribution >= 4 is 11.9 Å². The largest absolute Gasteiger partial charge is 0.490 e. The first-order chi connectivity index (χ1) is 12.2. The summed E-state index contributed by atoms with van der Waals surface area (Å²) in [5, 5.41) is 2.71. The van der Waals surface area contributed by atoms with E-state index in [1.54, 1.807) is 55.6 Å². The van der Waals surface area contributed by atoms with Gasteiger partial charge in [0.15, 0.2) is 6.04 Å². The van der Waals surface area contributed by atoms with Gasteiger partial charge < -0.3 is 19.5 Å². The number of ether oxygens (including phenoxy) is 3. The summed E-state index contributed by atoms with van der Waals surface area (Å²) in [6, 6.07) is 14.9. The summed E-state index contributed by atoms with van der Waals surface area (Å²) < 4.78 is 15.3. The third-order valence-electron chi connectivity index (χ3n) is 3.52. The van der Waals surface area contributed by atoms with Gasteiger partial charge in [-0.1, -0.05) is 42.5 Å². The summed E-state index contributed by atoms with van der Waals surface area (Å²) >= 11 is 0. The van der Waals surface area contributed by atoms with Crippen molar-refractivity contribution in [1.82, 2.24) is 5.32 Å². The molecule has 0 aliphatic rings. The highest BCUT2D eigenvalue weighted by Crippen LogP contribution is 2.20. The number of methoxy groups -OCH3 is 2. The van der Waals surface area contributed by atoms with Crippen molar-refractivity contribution in [3.8, 4) is 5.75 Å². The van der Waals surface area contributed by atoms with Crippen LogP contribution in [0.2, 0.25) is 0 Å². The van der Waals surface area contributed by atoms with Gasteiger partial charge in [0.1, 0.15) is 12.4 Å². The molecule has 6 heteroatoms. The highest BCUT2D eigenvalue weighted by Gasteiger charge is 2.25. The minimum Gasteiger partial charge on any atom is -0.490 e. The molecule has 0 heterocycles. The van der Waals surface area contributed by atoms with Crippen molar-refractivity contribution in [2.24, 2.45) is 0 Å². The number of hydrogen-bond acceptors (Lipinski definition) is 5. The van der Waals surface area contributed by atoms with Gasteiger partial charge in [-0.05, 0) is 17.7 Å². The van der Waals surface area contributed by atoms with Crippen molar-refractivity contribution in [2.45, 2.75) is 6.04 Å². The van der Waals surface area contributed by atoms with Gasteiger partial charge in [0.2, 0.25) is 0 Å². The maximum Gasteiger partial charge on any atom is 0.333 e. The number of esters is 1. The van der Waals surface area contributed by atoms with Crippen LogP contribution in [0.5, 0.6) is 5.75 Å². The summed E-state index contributed by atoms with van der Waals surface area (Å²) in [5.41, 5.74) is 0.976. The number of nitrogens with one attached hydrogen (secondary N) is 1. The molecule has 1 amide bonds. The first-order valence-electron chi connectivity index (χ1n) is 7.81. The molecule has 0 aliphatic heterocycles. The fourth-order valence-corrected chi connectivity index (χ4v) is 2.27. The summed E-state index contributed by atoms with van der Waals surface area (Å²) in [5.74, 6) is -0.543. The van der Waals surface area contributed by atoms with Crippen LogP contribution in [0, 0.1) is 0 Å². The number of benzene rings is 2. The molecule has 0 saturated carbocycles. The number of carbonyl (C=O) groups excluding carboxylic acids is 2. The van der Waals surface area contributed by atoms with Crippen molar-refractivity contribution < 1.29 is 23.8 Å². The van der Waals surface area contributed by atoms with Crippen LogP contribution < -0.4 is 10.1 Å². The molecule has 0 unspecified atom stereocenters. The Balaban J connectivity index is 2.20. The third kappa shape index (κ3) is 5.06. The van der Waals surface area contributed by atoms with Gasteiger partial charge in [-0.3, -0.25) is 4.79 Å². The molecule has 1 atom stereocenters. The van der Waals surface area contributed by atoms with Crippen LogP contribution >= 0.6 is 0 Å². The molecule has 1 N–H and O–H groups in total. The molecule has 0 aromatic heterocycles. The average molecular weight is 343 g/mol. The summed E-state index contributed by atoms with van der Waals surface area (Å²) in [7, 11) is 2.86. The Morgan fingerprint density at radius 1 is 0.960 bits per heavy atom. The van der Waals surface area contributed by atoms with E-state index >= 15 is 0 Å². The van der Waals surface area contributed by atoms with Gasteiger partial charge >= 0.3 is 5.97 Å². The van der Waals surface area contributed by atoms with Crippen LogP contribution in [-0.2, 0) is 14.3 Å². The van der Waals surface area contributed by atoms with E-state index in [0.29, 0.717) is 30.1 Å². The van der Waals surface area contributed by atoms with Crippen molar-refractivity contribution in [1.29, 1.82) is 0 Å². The van der Waals surface area contributed by atoms with Crippen molar-refractivity contribution in [3.05, 3.63) is 65.7 Å². The number of amides is 1. The lowest BCUT2D eigenvalue weighted by atomic mass is 10.1. The zero-order valence-electron chi connectivity index (χ0n) is 14.2. The molecule has 2 aromatic rings. The van der Waals surface area contributed by atoms with Gasteiger partial charge in [0.25, 0.3) is 5.91 Å². The van der Waals surface area contributed by atoms with E-state index in [9.17, 15) is 9.59 Å². The lowest BCUT2D eigenvalue weighted by molar-refractivity contribution is -0.143. The zero-order chi connectivity index (χ0) is 18.1. The average Bonchev–Trinajstić information content (AvgIpc) is 2.66. The molecule has 0 radical (unpaired) electrons. The molecule has 0 saturated heterocycles. The van der Waals surface area contributed by atoms with E-state index in [1.807, 2.05) is 6.07 Å². The van der Waals surface area contributed by atoms with Crippen LogP contribution in [0.1, 0.15) is 22.0 Å². The minimum atomic E-state index is -0.897. The van der Waals surface area contributed by atoms with Crippen LogP contribution in [0.15, 0.2) is 54.6 Å². The second-order valence-corrected chi connectivity index (χ2v) is 5.18. The Labute approximate surface area is 146 Å². The van der Waals surface area contributed by atoms with E-state index in [0.717, 1.165) is 0 Å². The molecular weight excluding hydrogens is 322 g/mol. The molecule has 2 rings (SSSR count). The summed E-state index contributed by atoms with van der Waals surface area (Å²) in [6.45, 7) is 0.727. The molecule has 0 spiro atoms. The Morgan fingerprint density at radius 2 is 1.64 bits per heavy atom. The van der Waals surface area contributed by atoms with Crippen LogP contribution in [0.25, 0.3) is 0 Å². The van der Waals surface area contributed by atoms with Crippen molar-refractivity contribution in [2.75, 3.05) is 27.4 Å². The molecular formula is C19H21NO5. The van der Waals surface area contributed by atoms with Gasteiger partial charge in [-0.2, -0.15) is 0 Å². The van der Waals surface area contributed by atoms with Gasteiger partial charge in [-0.25, -0.2) is 4.79 Å². The maximum atomic E-state index is 12.7. The Morgan fingerprint density at radius 3 is 2.32 bits per heavy atom. The van der Waals surface area contributed by atoms with Crippen molar-refractivity contribution in [3.63, 3.8) is 0 Å². The van der Waals surface area contributed by atoms with Crippen LogP contribution in [-0.4, -0.2) is 39.3 Å². The zero-order valence-corrected chi connectivity index (χ0v) is 14.2. The minimum absolute atomic E-state index is 0.319. The lowest BCUT2D eigenvalue weighted by Crippen LogP contribution is -2.34. The third-order valence-corrected chi connectivity index (χ3v) is 3.52. The Bertz CT molecular complexity index is 702. The van der Waals surface area contributed by atoms with E-state index < -0.39 is 17.9 Å². The monoisotopic (exact) mass is 343 g/mol. The van der Waals surface area contributed by atoms with Gasteiger partial charge in [-0.15, -0.1) is 0 Å². The van der Waals surface area contributed by atoms with Crippen LogP contribution in [0.3, 0.4) is 0 Å². The fourth-order valence-electron chi connectivity index (χ4n) is 2.27. The van der Waals surface area contributed by atoms with Crippen LogP contribution in [0.4, 0.5) is 0 Å². The number of rotatable bonds is 8. The quantitative estimate of drug-likeness (QED) is 0.588. The SMILES string of the molecule is COCCOc1ccccc1C(=O)N[C@@H](C(=O)OC)c1ccccc1. The first kappa shape index (κ1) is 18.5. The second-order valence-electron chi connectivity index (χ2n) is 5.18. The van der Waals surface area contributed by atoms with E-state index in [1.165, 1.54) is 7.11 Å². The molecule has 6 nitrogen and oxygen atoms in total. The highest BCUT2D eigenvalue weighted by molar-refractivity contribution is 5.99. The molecule has 0 aliphatic carbocycles. The first-order valence-corrected chi connectivity index (χ1v) is 7.81. The Kier molecular flexibility index (Phi) is 6.98.